The number of hydrogen-bond acceptors (Lipinski definition) is 2. The maximum Gasteiger partial charge on any atom is 0.163 e. The van der Waals surface area contributed by atoms with Crippen LogP contribution in [0.15, 0.2) is 18.2 Å². The average molecular weight is 173 g/mol. The second-order valence-corrected chi connectivity index (χ2v) is 2.24. The lowest BCUT2D eigenvalue weighted by molar-refractivity contribution is 0.0858. The van der Waals surface area contributed by atoms with Crippen molar-refractivity contribution in [2.24, 2.45) is 0 Å². The molecule has 0 saturated carbocycles. The lowest BCUT2D eigenvalue weighted by Crippen LogP contribution is -2.12. The summed E-state index contributed by atoms with van der Waals surface area (Å²) in [6.07, 6.45) is 0. The number of halogens is 2. The molecule has 1 aromatic carbocycles. The molecule has 1 aromatic rings. The molecule has 0 saturated heterocycles. The van der Waals surface area contributed by atoms with Crippen molar-refractivity contribution in [3.8, 4) is 0 Å². The zero-order chi connectivity index (χ0) is 8.97. The molecule has 0 fully saturated rings. The van der Waals surface area contributed by atoms with E-state index in [-0.39, 0.29) is 12.1 Å². The van der Waals surface area contributed by atoms with E-state index in [4.69, 9.17) is 0 Å². The Morgan fingerprint density at radius 1 is 1.42 bits per heavy atom. The Balaban J connectivity index is 2.78. The lowest BCUT2D eigenvalue weighted by atomic mass is 10.2. The molecule has 0 aliphatic heterocycles. The zero-order valence-electron chi connectivity index (χ0n) is 6.60. The third-order valence-electron chi connectivity index (χ3n) is 1.44. The summed E-state index contributed by atoms with van der Waals surface area (Å²) in [5.74, 6) is -1.67. The summed E-state index contributed by atoms with van der Waals surface area (Å²) >= 11 is 0. The molecule has 0 aromatic heterocycles. The SMILES string of the molecule is CONCc1cccc(F)c1F. The second kappa shape index (κ2) is 4.13. The van der Waals surface area contributed by atoms with Crippen LogP contribution < -0.4 is 5.48 Å². The van der Waals surface area contributed by atoms with Gasteiger partial charge in [0.05, 0.1) is 7.11 Å². The van der Waals surface area contributed by atoms with Crippen LogP contribution in [0.1, 0.15) is 5.56 Å². The van der Waals surface area contributed by atoms with Crippen molar-refractivity contribution in [3.05, 3.63) is 35.4 Å². The van der Waals surface area contributed by atoms with E-state index in [1.54, 1.807) is 0 Å². The first kappa shape index (κ1) is 9.09. The van der Waals surface area contributed by atoms with Crippen LogP contribution in [0.3, 0.4) is 0 Å². The predicted molar refractivity (Wildman–Crippen MR) is 40.2 cm³/mol. The Morgan fingerprint density at radius 2 is 2.17 bits per heavy atom. The van der Waals surface area contributed by atoms with Crippen molar-refractivity contribution in [2.45, 2.75) is 6.54 Å². The molecular weight excluding hydrogens is 164 g/mol. The predicted octanol–water partition coefficient (Wildman–Crippen LogP) is 1.62. The van der Waals surface area contributed by atoms with Gasteiger partial charge >= 0.3 is 0 Å². The molecule has 0 bridgehead atoms. The maximum absolute atomic E-state index is 12.9. The van der Waals surface area contributed by atoms with E-state index >= 15 is 0 Å². The first-order valence-electron chi connectivity index (χ1n) is 3.44. The molecule has 0 aliphatic carbocycles. The number of rotatable bonds is 3. The number of benzene rings is 1. The van der Waals surface area contributed by atoms with Gasteiger partial charge in [-0.25, -0.2) is 8.78 Å². The molecule has 0 spiro atoms. The van der Waals surface area contributed by atoms with Gasteiger partial charge in [0.2, 0.25) is 0 Å². The highest BCUT2D eigenvalue weighted by atomic mass is 19.2. The second-order valence-electron chi connectivity index (χ2n) is 2.24. The maximum atomic E-state index is 12.9. The number of hydroxylamine groups is 1. The first-order valence-corrected chi connectivity index (χ1v) is 3.44. The van der Waals surface area contributed by atoms with Crippen LogP contribution in [0.2, 0.25) is 0 Å². The molecule has 0 amide bonds. The van der Waals surface area contributed by atoms with Gasteiger partial charge in [0.25, 0.3) is 0 Å². The van der Waals surface area contributed by atoms with E-state index in [1.807, 2.05) is 0 Å². The summed E-state index contributed by atoms with van der Waals surface area (Å²) in [7, 11) is 1.41. The van der Waals surface area contributed by atoms with Gasteiger partial charge < -0.3 is 4.84 Å². The fourth-order valence-electron chi connectivity index (χ4n) is 0.835. The third kappa shape index (κ3) is 1.99. The normalized spacial score (nSPS) is 10.2. The molecule has 0 unspecified atom stereocenters. The summed E-state index contributed by atoms with van der Waals surface area (Å²) in [6.45, 7) is 0.153. The van der Waals surface area contributed by atoms with Gasteiger partial charge in [-0.1, -0.05) is 12.1 Å². The molecule has 0 atom stereocenters. The Hall–Kier alpha value is -1.00. The van der Waals surface area contributed by atoms with Gasteiger partial charge in [0.1, 0.15) is 0 Å². The van der Waals surface area contributed by atoms with Crippen molar-refractivity contribution >= 4 is 0 Å². The molecule has 66 valence electrons. The number of hydrogen-bond donors (Lipinski definition) is 1. The third-order valence-corrected chi connectivity index (χ3v) is 1.44. The quantitative estimate of drug-likeness (QED) is 0.701. The summed E-state index contributed by atoms with van der Waals surface area (Å²) in [4.78, 5) is 4.50. The summed E-state index contributed by atoms with van der Waals surface area (Å²) in [6, 6.07) is 4.02. The minimum Gasteiger partial charge on any atom is -0.305 e. The molecule has 0 heterocycles. The molecule has 4 heteroatoms. The molecule has 1 N–H and O–H groups in total. The monoisotopic (exact) mass is 173 g/mol. The van der Waals surface area contributed by atoms with Crippen LogP contribution >= 0.6 is 0 Å². The number of nitrogens with one attached hydrogen (secondary N) is 1. The van der Waals surface area contributed by atoms with Crippen LogP contribution in [0, 0.1) is 11.6 Å². The minimum absolute atomic E-state index is 0.153. The summed E-state index contributed by atoms with van der Waals surface area (Å²) < 4.78 is 25.4. The van der Waals surface area contributed by atoms with Crippen molar-refractivity contribution in [2.75, 3.05) is 7.11 Å². The van der Waals surface area contributed by atoms with E-state index in [0.29, 0.717) is 0 Å². The molecular formula is C8H9F2NO. The highest BCUT2D eigenvalue weighted by Gasteiger charge is 2.05. The van der Waals surface area contributed by atoms with Gasteiger partial charge in [0, 0.05) is 12.1 Å². The van der Waals surface area contributed by atoms with Crippen LogP contribution in [-0.2, 0) is 11.4 Å². The van der Waals surface area contributed by atoms with Crippen LogP contribution in [0.4, 0.5) is 8.78 Å². The first-order chi connectivity index (χ1) is 5.75. The Kier molecular flexibility index (Phi) is 3.13. The van der Waals surface area contributed by atoms with Crippen molar-refractivity contribution in [1.82, 2.24) is 5.48 Å². The topological polar surface area (TPSA) is 21.3 Å². The lowest BCUT2D eigenvalue weighted by Gasteiger charge is -2.03. The van der Waals surface area contributed by atoms with E-state index in [1.165, 1.54) is 19.2 Å². The smallest absolute Gasteiger partial charge is 0.163 e. The van der Waals surface area contributed by atoms with E-state index in [9.17, 15) is 8.78 Å². The standard InChI is InChI=1S/C8H9F2NO/c1-12-11-5-6-3-2-4-7(9)8(6)10/h2-4,11H,5H2,1H3. The molecule has 2 nitrogen and oxygen atoms in total. The Labute approximate surface area is 69.1 Å². The van der Waals surface area contributed by atoms with E-state index < -0.39 is 11.6 Å². The zero-order valence-corrected chi connectivity index (χ0v) is 6.60. The van der Waals surface area contributed by atoms with Crippen molar-refractivity contribution in [1.29, 1.82) is 0 Å². The van der Waals surface area contributed by atoms with Crippen LogP contribution in [0.25, 0.3) is 0 Å². The Bertz CT molecular complexity index is 265. The van der Waals surface area contributed by atoms with Gasteiger partial charge in [0.15, 0.2) is 11.6 Å². The highest BCUT2D eigenvalue weighted by Crippen LogP contribution is 2.10. The fraction of sp³-hybridized carbons (Fsp3) is 0.250. The fourth-order valence-corrected chi connectivity index (χ4v) is 0.835. The summed E-state index contributed by atoms with van der Waals surface area (Å²) in [5, 5.41) is 0. The van der Waals surface area contributed by atoms with Gasteiger partial charge in [-0.05, 0) is 6.07 Å². The summed E-state index contributed by atoms with van der Waals surface area (Å²) in [5.41, 5.74) is 2.67. The van der Waals surface area contributed by atoms with E-state index in [0.717, 1.165) is 6.07 Å². The molecule has 1 rings (SSSR count). The molecule has 0 radical (unpaired) electrons. The van der Waals surface area contributed by atoms with E-state index in [2.05, 4.69) is 10.3 Å². The van der Waals surface area contributed by atoms with Gasteiger partial charge in [-0.2, -0.15) is 5.48 Å². The van der Waals surface area contributed by atoms with Crippen molar-refractivity contribution < 1.29 is 13.6 Å². The minimum atomic E-state index is -0.842. The van der Waals surface area contributed by atoms with Crippen molar-refractivity contribution in [3.63, 3.8) is 0 Å². The molecule has 12 heavy (non-hydrogen) atoms. The van der Waals surface area contributed by atoms with Gasteiger partial charge in [-0.15, -0.1) is 0 Å². The molecule has 0 aliphatic rings. The average Bonchev–Trinajstić information content (AvgIpc) is 2.08. The van der Waals surface area contributed by atoms with Crippen LogP contribution in [0.5, 0.6) is 0 Å². The van der Waals surface area contributed by atoms with Gasteiger partial charge in [-0.3, -0.25) is 0 Å². The highest BCUT2D eigenvalue weighted by molar-refractivity contribution is 5.18. The largest absolute Gasteiger partial charge is 0.305 e. The Morgan fingerprint density at radius 3 is 2.83 bits per heavy atom. The van der Waals surface area contributed by atoms with Crippen LogP contribution in [-0.4, -0.2) is 7.11 Å².